The molecule has 0 fully saturated rings. The molecule has 0 aliphatic carbocycles. The van der Waals surface area contributed by atoms with E-state index in [-0.39, 0.29) is 0 Å². The Morgan fingerprint density at radius 2 is 0.893 bits per heavy atom. The minimum Gasteiger partial charge on any atom is -0.492 e. The minimum atomic E-state index is 0.469. The third kappa shape index (κ3) is 5.18. The van der Waals surface area contributed by atoms with Crippen LogP contribution in [0.5, 0.6) is 23.0 Å². The fraction of sp³-hybridized carbons (Fsp3) is 0.400. The van der Waals surface area contributed by atoms with Gasteiger partial charge >= 0.3 is 0 Å². The normalized spacial score (nSPS) is 10.9. The standard InChI is InChI=1S/C20H28N4O4/c1-5-25-17-11-15(19(27-7-3)9-13(17)21)23-24-16-12-18(26-6-2)14(22)10-20(16)28-8-4/h9-12H,5-8,21-22H2,1-4H3. The molecule has 0 amide bonds. The van der Waals surface area contributed by atoms with E-state index in [9.17, 15) is 0 Å². The van der Waals surface area contributed by atoms with Crippen LogP contribution < -0.4 is 30.4 Å². The van der Waals surface area contributed by atoms with E-state index in [0.717, 1.165) is 0 Å². The number of anilines is 2. The van der Waals surface area contributed by atoms with Crippen molar-refractivity contribution in [2.24, 2.45) is 10.2 Å². The zero-order chi connectivity index (χ0) is 20.5. The number of nitrogens with zero attached hydrogens (tertiary/aromatic N) is 2. The van der Waals surface area contributed by atoms with Crippen LogP contribution in [0.1, 0.15) is 27.7 Å². The number of hydrogen-bond donors (Lipinski definition) is 2. The maximum Gasteiger partial charge on any atom is 0.149 e. The molecular weight excluding hydrogens is 360 g/mol. The molecule has 0 bridgehead atoms. The van der Waals surface area contributed by atoms with Gasteiger partial charge in [0, 0.05) is 24.3 Å². The molecule has 0 aliphatic rings. The predicted molar refractivity (Wildman–Crippen MR) is 111 cm³/mol. The van der Waals surface area contributed by atoms with E-state index in [4.69, 9.17) is 30.4 Å². The summed E-state index contributed by atoms with van der Waals surface area (Å²) in [5, 5.41) is 8.68. The van der Waals surface area contributed by atoms with E-state index in [1.54, 1.807) is 24.3 Å². The highest BCUT2D eigenvalue weighted by atomic mass is 16.5. The largest absolute Gasteiger partial charge is 0.492 e. The van der Waals surface area contributed by atoms with Gasteiger partial charge in [0.05, 0.1) is 37.8 Å². The Morgan fingerprint density at radius 3 is 1.21 bits per heavy atom. The van der Waals surface area contributed by atoms with E-state index < -0.39 is 0 Å². The van der Waals surface area contributed by atoms with Crippen molar-refractivity contribution in [3.63, 3.8) is 0 Å². The number of nitrogens with two attached hydrogens (primary N) is 2. The average molecular weight is 388 g/mol. The highest BCUT2D eigenvalue weighted by Crippen LogP contribution is 2.41. The summed E-state index contributed by atoms with van der Waals surface area (Å²) < 4.78 is 22.4. The van der Waals surface area contributed by atoms with E-state index in [1.165, 1.54) is 0 Å². The number of benzene rings is 2. The summed E-state index contributed by atoms with van der Waals surface area (Å²) in [6.45, 7) is 9.44. The summed E-state index contributed by atoms with van der Waals surface area (Å²) in [6.07, 6.45) is 0. The van der Waals surface area contributed by atoms with Crippen molar-refractivity contribution in [3.05, 3.63) is 24.3 Å². The van der Waals surface area contributed by atoms with Crippen molar-refractivity contribution in [1.82, 2.24) is 0 Å². The van der Waals surface area contributed by atoms with Crippen LogP contribution in [0.3, 0.4) is 0 Å². The van der Waals surface area contributed by atoms with Gasteiger partial charge in [-0.2, -0.15) is 0 Å². The van der Waals surface area contributed by atoms with E-state index >= 15 is 0 Å². The fourth-order valence-corrected chi connectivity index (χ4v) is 2.50. The van der Waals surface area contributed by atoms with E-state index in [0.29, 0.717) is 72.2 Å². The zero-order valence-corrected chi connectivity index (χ0v) is 16.8. The lowest BCUT2D eigenvalue weighted by Crippen LogP contribution is -1.99. The molecule has 8 heteroatoms. The topological polar surface area (TPSA) is 114 Å². The zero-order valence-electron chi connectivity index (χ0n) is 16.8. The Bertz CT molecular complexity index is 757. The van der Waals surface area contributed by atoms with Crippen LogP contribution in [0, 0.1) is 0 Å². The molecule has 0 atom stereocenters. The van der Waals surface area contributed by atoms with Crippen molar-refractivity contribution in [1.29, 1.82) is 0 Å². The molecule has 0 aromatic heterocycles. The maximum absolute atomic E-state index is 6.02. The van der Waals surface area contributed by atoms with E-state index in [2.05, 4.69) is 10.2 Å². The van der Waals surface area contributed by atoms with Gasteiger partial charge in [0.1, 0.15) is 34.4 Å². The van der Waals surface area contributed by atoms with Gasteiger partial charge in [-0.3, -0.25) is 0 Å². The van der Waals surface area contributed by atoms with Gasteiger partial charge in [-0.05, 0) is 27.7 Å². The number of azo groups is 1. The molecule has 152 valence electrons. The Morgan fingerprint density at radius 1 is 0.571 bits per heavy atom. The first-order chi connectivity index (χ1) is 13.5. The van der Waals surface area contributed by atoms with Crippen molar-refractivity contribution in [2.45, 2.75) is 27.7 Å². The quantitative estimate of drug-likeness (QED) is 0.444. The number of nitrogen functional groups attached to an aromatic ring is 2. The van der Waals surface area contributed by atoms with Crippen molar-refractivity contribution in [2.75, 3.05) is 37.9 Å². The Balaban J connectivity index is 2.48. The molecule has 2 aromatic rings. The van der Waals surface area contributed by atoms with Gasteiger partial charge in [-0.15, -0.1) is 10.2 Å². The summed E-state index contributed by atoms with van der Waals surface area (Å²) in [5.74, 6) is 2.09. The summed E-state index contributed by atoms with van der Waals surface area (Å²) in [4.78, 5) is 0. The van der Waals surface area contributed by atoms with Crippen LogP contribution in [0.15, 0.2) is 34.5 Å². The van der Waals surface area contributed by atoms with Crippen molar-refractivity contribution >= 4 is 22.7 Å². The summed E-state index contributed by atoms with van der Waals surface area (Å²) >= 11 is 0. The number of ether oxygens (including phenoxy) is 4. The van der Waals surface area contributed by atoms with Crippen LogP contribution in [0.4, 0.5) is 22.7 Å². The number of rotatable bonds is 10. The van der Waals surface area contributed by atoms with Gasteiger partial charge < -0.3 is 30.4 Å². The Hall–Kier alpha value is -3.16. The monoisotopic (exact) mass is 388 g/mol. The Kier molecular flexibility index (Phi) is 7.74. The second-order valence-corrected chi connectivity index (χ2v) is 5.65. The third-order valence-electron chi connectivity index (χ3n) is 3.65. The van der Waals surface area contributed by atoms with Crippen LogP contribution in [-0.4, -0.2) is 26.4 Å². The highest BCUT2D eigenvalue weighted by Gasteiger charge is 2.13. The van der Waals surface area contributed by atoms with Gasteiger partial charge in [0.15, 0.2) is 0 Å². The van der Waals surface area contributed by atoms with Crippen LogP contribution in [0.2, 0.25) is 0 Å². The van der Waals surface area contributed by atoms with Crippen molar-refractivity contribution < 1.29 is 18.9 Å². The molecular formula is C20H28N4O4. The summed E-state index contributed by atoms with van der Waals surface area (Å²) in [7, 11) is 0. The average Bonchev–Trinajstić information content (AvgIpc) is 2.66. The lowest BCUT2D eigenvalue weighted by molar-refractivity contribution is 0.332. The molecule has 2 aromatic carbocycles. The second kappa shape index (κ2) is 10.2. The first kappa shape index (κ1) is 21.1. The lowest BCUT2D eigenvalue weighted by Gasteiger charge is -2.13. The predicted octanol–water partition coefficient (Wildman–Crippen LogP) is 4.86. The fourth-order valence-electron chi connectivity index (χ4n) is 2.50. The molecule has 0 saturated heterocycles. The molecule has 0 radical (unpaired) electrons. The van der Waals surface area contributed by atoms with Gasteiger partial charge in [-0.25, -0.2) is 0 Å². The first-order valence-corrected chi connectivity index (χ1v) is 9.33. The summed E-state index contributed by atoms with van der Waals surface area (Å²) in [5.41, 5.74) is 14.0. The molecule has 0 spiro atoms. The highest BCUT2D eigenvalue weighted by molar-refractivity contribution is 5.69. The third-order valence-corrected chi connectivity index (χ3v) is 3.65. The van der Waals surface area contributed by atoms with Crippen LogP contribution in [-0.2, 0) is 0 Å². The first-order valence-electron chi connectivity index (χ1n) is 9.33. The molecule has 28 heavy (non-hydrogen) atoms. The van der Waals surface area contributed by atoms with Crippen molar-refractivity contribution in [3.8, 4) is 23.0 Å². The second-order valence-electron chi connectivity index (χ2n) is 5.65. The summed E-state index contributed by atoms with van der Waals surface area (Å²) in [6, 6.07) is 6.77. The molecule has 8 nitrogen and oxygen atoms in total. The maximum atomic E-state index is 6.02. The molecule has 0 unspecified atom stereocenters. The molecule has 0 heterocycles. The molecule has 4 N–H and O–H groups in total. The molecule has 0 aliphatic heterocycles. The van der Waals surface area contributed by atoms with E-state index in [1.807, 2.05) is 27.7 Å². The van der Waals surface area contributed by atoms with Gasteiger partial charge in [-0.1, -0.05) is 0 Å². The SMILES string of the molecule is CCOc1cc(N=Nc2cc(OCC)c(N)cc2OCC)c(OCC)cc1N. The lowest BCUT2D eigenvalue weighted by atomic mass is 10.2. The van der Waals surface area contributed by atoms with Gasteiger partial charge in [0.2, 0.25) is 0 Å². The van der Waals surface area contributed by atoms with Crippen LogP contribution >= 0.6 is 0 Å². The number of hydrogen-bond acceptors (Lipinski definition) is 8. The van der Waals surface area contributed by atoms with Crippen LogP contribution in [0.25, 0.3) is 0 Å². The molecule has 2 rings (SSSR count). The smallest absolute Gasteiger partial charge is 0.149 e. The van der Waals surface area contributed by atoms with Gasteiger partial charge in [0.25, 0.3) is 0 Å². The Labute approximate surface area is 165 Å². The molecule has 0 saturated carbocycles. The minimum absolute atomic E-state index is 0.469.